The van der Waals surface area contributed by atoms with Crippen molar-refractivity contribution in [1.29, 1.82) is 0 Å². The van der Waals surface area contributed by atoms with Crippen LogP contribution in [-0.4, -0.2) is 54.3 Å². The van der Waals surface area contributed by atoms with Crippen molar-refractivity contribution in [3.63, 3.8) is 0 Å². The third-order valence-corrected chi connectivity index (χ3v) is 5.83. The molecule has 4 N–H and O–H groups in total. The molecule has 1 heterocycles. The first-order chi connectivity index (χ1) is 11.5. The summed E-state index contributed by atoms with van der Waals surface area (Å²) >= 11 is 0. The topological polar surface area (TPSA) is 91.2 Å². The first-order valence-electron chi connectivity index (χ1n) is 8.31. The number of phenols is 1. The number of phenolic OH excluding ortho intramolecular Hbond substituents is 1. The van der Waals surface area contributed by atoms with Gasteiger partial charge in [0.15, 0.2) is 11.5 Å². The van der Waals surface area contributed by atoms with Gasteiger partial charge in [-0.3, -0.25) is 0 Å². The van der Waals surface area contributed by atoms with Crippen molar-refractivity contribution < 1.29 is 24.8 Å². The molecule has 1 aromatic rings. The van der Waals surface area contributed by atoms with Crippen LogP contribution in [0.1, 0.15) is 24.0 Å². The molecule has 4 rings (SSSR count). The van der Waals surface area contributed by atoms with E-state index in [4.69, 9.17) is 9.47 Å². The van der Waals surface area contributed by atoms with Crippen LogP contribution in [0.15, 0.2) is 23.5 Å². The minimum absolute atomic E-state index is 0.0381. The molecule has 1 saturated heterocycles. The van der Waals surface area contributed by atoms with Crippen molar-refractivity contribution in [3.05, 3.63) is 34.6 Å². The first-order valence-corrected chi connectivity index (χ1v) is 8.31. The van der Waals surface area contributed by atoms with Crippen LogP contribution < -0.4 is 10.1 Å². The van der Waals surface area contributed by atoms with E-state index >= 15 is 0 Å². The number of aliphatic hydroxyl groups excluding tert-OH is 2. The maximum Gasteiger partial charge on any atom is 0.162 e. The van der Waals surface area contributed by atoms with Crippen LogP contribution in [0.5, 0.6) is 11.5 Å². The Hall–Kier alpha value is -1.76. The summed E-state index contributed by atoms with van der Waals surface area (Å²) in [4.78, 5) is 0. The molecule has 6 nitrogen and oxygen atoms in total. The number of benzene rings is 1. The van der Waals surface area contributed by atoms with Gasteiger partial charge >= 0.3 is 0 Å². The van der Waals surface area contributed by atoms with E-state index in [2.05, 4.69) is 5.32 Å². The number of piperidine rings is 1. The van der Waals surface area contributed by atoms with Crippen LogP contribution in [0.4, 0.5) is 0 Å². The predicted molar refractivity (Wildman–Crippen MR) is 87.1 cm³/mol. The van der Waals surface area contributed by atoms with Crippen LogP contribution >= 0.6 is 0 Å². The van der Waals surface area contributed by atoms with Crippen LogP contribution in [0.2, 0.25) is 0 Å². The highest BCUT2D eigenvalue weighted by molar-refractivity contribution is 5.62. The minimum Gasteiger partial charge on any atom is -0.504 e. The third kappa shape index (κ3) is 1.87. The summed E-state index contributed by atoms with van der Waals surface area (Å²) < 4.78 is 10.8. The van der Waals surface area contributed by atoms with Crippen molar-refractivity contribution in [3.8, 4) is 11.5 Å². The quantitative estimate of drug-likeness (QED) is 0.633. The smallest absolute Gasteiger partial charge is 0.162 e. The molecule has 0 saturated carbocycles. The van der Waals surface area contributed by atoms with Crippen molar-refractivity contribution in [1.82, 2.24) is 5.32 Å². The third-order valence-electron chi connectivity index (χ3n) is 5.83. The van der Waals surface area contributed by atoms with Gasteiger partial charge in [-0.2, -0.15) is 0 Å². The zero-order valence-corrected chi connectivity index (χ0v) is 13.9. The predicted octanol–water partition coefficient (Wildman–Crippen LogP) is 0.583. The van der Waals surface area contributed by atoms with Crippen molar-refractivity contribution >= 4 is 0 Å². The normalized spacial score (nSPS) is 34.4. The SMILES string of the molecule is COC1=C2[C@H]3Cc4ccc(OC)c(O)c4[C@]2(CCN3)C[C@H](O)[C@H]1O. The molecule has 6 heteroatoms. The molecule has 24 heavy (non-hydrogen) atoms. The summed E-state index contributed by atoms with van der Waals surface area (Å²) in [6.07, 6.45) is -0.167. The molecule has 2 aliphatic carbocycles. The number of nitrogens with one attached hydrogen (secondary N) is 1. The number of rotatable bonds is 2. The van der Waals surface area contributed by atoms with Gasteiger partial charge in [-0.1, -0.05) is 6.07 Å². The fourth-order valence-electron chi connectivity index (χ4n) is 4.92. The highest BCUT2D eigenvalue weighted by Gasteiger charge is 2.55. The molecule has 4 atom stereocenters. The lowest BCUT2D eigenvalue weighted by Gasteiger charge is -2.53. The lowest BCUT2D eigenvalue weighted by molar-refractivity contribution is -0.0260. The zero-order chi connectivity index (χ0) is 17.1. The molecule has 130 valence electrons. The lowest BCUT2D eigenvalue weighted by Crippen LogP contribution is -2.59. The highest BCUT2D eigenvalue weighted by Crippen LogP contribution is 2.57. The van der Waals surface area contributed by atoms with Gasteiger partial charge in [-0.05, 0) is 43.0 Å². The molecule has 0 radical (unpaired) electrons. The van der Waals surface area contributed by atoms with E-state index in [1.165, 1.54) is 14.2 Å². The molecule has 1 fully saturated rings. The fourth-order valence-corrected chi connectivity index (χ4v) is 4.92. The molecule has 0 amide bonds. The van der Waals surface area contributed by atoms with Gasteiger partial charge in [-0.25, -0.2) is 0 Å². The first kappa shape index (κ1) is 15.7. The molecular weight excluding hydrogens is 310 g/mol. The number of ether oxygens (including phenoxy) is 2. The summed E-state index contributed by atoms with van der Waals surface area (Å²) in [6.45, 7) is 0.782. The summed E-state index contributed by atoms with van der Waals surface area (Å²) in [5.41, 5.74) is 2.29. The van der Waals surface area contributed by atoms with Gasteiger partial charge in [-0.15, -0.1) is 0 Å². The van der Waals surface area contributed by atoms with Crippen LogP contribution in [-0.2, 0) is 16.6 Å². The van der Waals surface area contributed by atoms with Crippen LogP contribution in [0.3, 0.4) is 0 Å². The average Bonchev–Trinajstić information content (AvgIpc) is 2.55. The Morgan fingerprint density at radius 2 is 2.00 bits per heavy atom. The fraction of sp³-hybridized carbons (Fsp3) is 0.556. The highest BCUT2D eigenvalue weighted by atomic mass is 16.5. The zero-order valence-electron chi connectivity index (χ0n) is 13.9. The second kappa shape index (κ2) is 5.37. The average molecular weight is 333 g/mol. The summed E-state index contributed by atoms with van der Waals surface area (Å²) in [7, 11) is 3.05. The van der Waals surface area contributed by atoms with Crippen molar-refractivity contribution in [2.24, 2.45) is 0 Å². The number of methoxy groups -OCH3 is 2. The molecular formula is C18H23NO5. The van der Waals surface area contributed by atoms with E-state index in [0.717, 1.165) is 29.7 Å². The molecule has 0 aromatic heterocycles. The molecule has 0 unspecified atom stereocenters. The van der Waals surface area contributed by atoms with Crippen LogP contribution in [0.25, 0.3) is 0 Å². The maximum absolute atomic E-state index is 10.8. The van der Waals surface area contributed by atoms with Crippen LogP contribution in [0, 0.1) is 0 Å². The molecule has 2 bridgehead atoms. The van der Waals surface area contributed by atoms with Crippen molar-refractivity contribution in [2.75, 3.05) is 20.8 Å². The van der Waals surface area contributed by atoms with E-state index in [1.54, 1.807) is 6.07 Å². The molecule has 0 spiro atoms. The van der Waals surface area contributed by atoms with E-state index < -0.39 is 17.6 Å². The molecule has 1 aliphatic heterocycles. The summed E-state index contributed by atoms with van der Waals surface area (Å²) in [6, 6.07) is 3.80. The summed E-state index contributed by atoms with van der Waals surface area (Å²) in [5, 5.41) is 35.2. The molecule has 3 aliphatic rings. The maximum atomic E-state index is 10.8. The van der Waals surface area contributed by atoms with Gasteiger partial charge in [0.05, 0.1) is 20.3 Å². The monoisotopic (exact) mass is 333 g/mol. The Morgan fingerprint density at radius 1 is 1.21 bits per heavy atom. The second-order valence-corrected chi connectivity index (χ2v) is 6.89. The van der Waals surface area contributed by atoms with E-state index in [0.29, 0.717) is 24.4 Å². The largest absolute Gasteiger partial charge is 0.504 e. The van der Waals surface area contributed by atoms with Gasteiger partial charge in [0, 0.05) is 17.0 Å². The Labute approximate surface area is 140 Å². The Kier molecular flexibility index (Phi) is 3.53. The number of hydrogen-bond donors (Lipinski definition) is 4. The van der Waals surface area contributed by atoms with E-state index in [1.807, 2.05) is 6.07 Å². The Bertz CT molecular complexity index is 716. The Morgan fingerprint density at radius 3 is 2.71 bits per heavy atom. The number of aliphatic hydroxyl groups is 2. The summed E-state index contributed by atoms with van der Waals surface area (Å²) in [5.74, 6) is 0.991. The number of hydrogen-bond acceptors (Lipinski definition) is 6. The van der Waals surface area contributed by atoms with Gasteiger partial charge < -0.3 is 30.1 Å². The second-order valence-electron chi connectivity index (χ2n) is 6.89. The Balaban J connectivity index is 2.04. The van der Waals surface area contributed by atoms with Crippen molar-refractivity contribution in [2.45, 2.75) is 42.9 Å². The van der Waals surface area contributed by atoms with Gasteiger partial charge in [0.2, 0.25) is 0 Å². The van der Waals surface area contributed by atoms with E-state index in [-0.39, 0.29) is 11.8 Å². The van der Waals surface area contributed by atoms with E-state index in [9.17, 15) is 15.3 Å². The van der Waals surface area contributed by atoms with Gasteiger partial charge in [0.1, 0.15) is 11.9 Å². The number of fused-ring (bicyclic) bond motifs is 1. The van der Waals surface area contributed by atoms with Gasteiger partial charge in [0.25, 0.3) is 0 Å². The molecule has 1 aromatic carbocycles. The number of aromatic hydroxyl groups is 1. The lowest BCUT2D eigenvalue weighted by atomic mass is 9.55. The minimum atomic E-state index is -1.03. The standard InChI is InChI=1S/C18H23NO5/c1-23-12-4-3-9-7-10-14-17(24-2)15(21)11(20)8-18(14,5-6-19-10)13(9)16(12)22/h3-4,10-11,15,19-22H,5-8H2,1-2H3/t10-,11+,15-,18+/m1/s1.